The first-order valence-corrected chi connectivity index (χ1v) is 12.6. The summed E-state index contributed by atoms with van der Waals surface area (Å²) in [5, 5.41) is 15.9. The number of H-pyrrole nitrogens is 1. The standard InChI is InChI=1S/C29H35FN4O/c1-8-17-10-9-11-18-21-14-28(6,30)24-20(12-13-31-24)29(21,7)25-19-15-33(16-26(2,3)35)27(4,5)23(19)32-34(25)22(17)18/h9-14,31,35H,8,15-16H2,1-7H3. The first-order valence-electron chi connectivity index (χ1n) is 12.6. The summed E-state index contributed by atoms with van der Waals surface area (Å²) in [4.78, 5) is 5.53. The molecule has 184 valence electrons. The maximum absolute atomic E-state index is 16.1. The Hall–Kier alpha value is -2.70. The lowest BCUT2D eigenvalue weighted by Gasteiger charge is -2.44. The van der Waals surface area contributed by atoms with E-state index in [1.807, 2.05) is 32.2 Å². The highest BCUT2D eigenvalue weighted by Gasteiger charge is 2.55. The second kappa shape index (κ2) is 6.74. The predicted molar refractivity (Wildman–Crippen MR) is 136 cm³/mol. The van der Waals surface area contributed by atoms with Crippen molar-refractivity contribution in [3.63, 3.8) is 0 Å². The summed E-state index contributed by atoms with van der Waals surface area (Å²) in [5.74, 6) is 0. The normalized spacial score (nSPS) is 26.5. The number of halogens is 1. The minimum Gasteiger partial charge on any atom is -0.389 e. The van der Waals surface area contributed by atoms with Crippen LogP contribution in [0, 0.1) is 0 Å². The van der Waals surface area contributed by atoms with E-state index in [1.54, 1.807) is 6.92 Å². The van der Waals surface area contributed by atoms with Crippen molar-refractivity contribution < 1.29 is 9.50 Å². The molecule has 3 aliphatic rings. The van der Waals surface area contributed by atoms with Crippen LogP contribution in [-0.2, 0) is 29.6 Å². The molecule has 3 aromatic rings. The van der Waals surface area contributed by atoms with E-state index in [0.29, 0.717) is 18.8 Å². The molecule has 2 atom stereocenters. The van der Waals surface area contributed by atoms with Crippen molar-refractivity contribution in [2.45, 2.75) is 83.7 Å². The van der Waals surface area contributed by atoms with Crippen LogP contribution in [0.2, 0.25) is 0 Å². The van der Waals surface area contributed by atoms with Gasteiger partial charge in [0.2, 0.25) is 0 Å². The lowest BCUT2D eigenvalue weighted by Crippen LogP contribution is -2.45. The molecule has 2 aromatic heterocycles. The molecule has 0 radical (unpaired) electrons. The topological polar surface area (TPSA) is 57.1 Å². The number of aliphatic hydroxyl groups is 1. The Balaban J connectivity index is 1.69. The molecule has 2 aliphatic heterocycles. The molecule has 5 nitrogen and oxygen atoms in total. The number of aryl methyl sites for hydroxylation is 1. The third-order valence-corrected chi connectivity index (χ3v) is 8.49. The zero-order valence-electron chi connectivity index (χ0n) is 21.8. The number of hydrogen-bond donors (Lipinski definition) is 2. The van der Waals surface area contributed by atoms with Crippen molar-refractivity contribution >= 4 is 5.57 Å². The van der Waals surface area contributed by atoms with Gasteiger partial charge in [0.1, 0.15) is 0 Å². The van der Waals surface area contributed by atoms with Gasteiger partial charge in [-0.1, -0.05) is 25.1 Å². The van der Waals surface area contributed by atoms with Crippen LogP contribution in [0.5, 0.6) is 0 Å². The van der Waals surface area contributed by atoms with Gasteiger partial charge in [0.15, 0.2) is 5.67 Å². The number of aromatic nitrogens is 3. The fraction of sp³-hybridized carbons (Fsp3) is 0.483. The molecular weight excluding hydrogens is 439 g/mol. The summed E-state index contributed by atoms with van der Waals surface area (Å²) in [7, 11) is 0. The average Bonchev–Trinajstić information content (AvgIpc) is 3.45. The van der Waals surface area contributed by atoms with E-state index in [4.69, 9.17) is 5.10 Å². The number of fused-ring (bicyclic) bond motifs is 10. The zero-order chi connectivity index (χ0) is 25.1. The van der Waals surface area contributed by atoms with Crippen molar-refractivity contribution in [3.8, 4) is 5.69 Å². The molecule has 1 aromatic carbocycles. The van der Waals surface area contributed by atoms with E-state index < -0.39 is 16.7 Å². The van der Waals surface area contributed by atoms with E-state index in [9.17, 15) is 5.11 Å². The van der Waals surface area contributed by atoms with Gasteiger partial charge in [0.25, 0.3) is 0 Å². The molecule has 0 fully saturated rings. The number of benzene rings is 1. The Morgan fingerprint density at radius 3 is 2.60 bits per heavy atom. The van der Waals surface area contributed by atoms with Crippen molar-refractivity contribution in [1.29, 1.82) is 0 Å². The van der Waals surface area contributed by atoms with Crippen LogP contribution < -0.4 is 0 Å². The molecule has 2 unspecified atom stereocenters. The summed E-state index contributed by atoms with van der Waals surface area (Å²) in [6, 6.07) is 8.39. The van der Waals surface area contributed by atoms with Gasteiger partial charge in [-0.05, 0) is 76.8 Å². The van der Waals surface area contributed by atoms with Gasteiger partial charge in [-0.2, -0.15) is 5.10 Å². The number of para-hydroxylation sites is 1. The third kappa shape index (κ3) is 2.84. The number of aromatic amines is 1. The number of allylic oxidation sites excluding steroid dienone is 2. The number of alkyl halides is 1. The van der Waals surface area contributed by atoms with Gasteiger partial charge in [-0.25, -0.2) is 9.07 Å². The summed E-state index contributed by atoms with van der Waals surface area (Å²) in [6.45, 7) is 15.4. The number of hydrogen-bond acceptors (Lipinski definition) is 3. The Bertz CT molecular complexity index is 1400. The molecule has 0 bridgehead atoms. The van der Waals surface area contributed by atoms with Crippen LogP contribution >= 0.6 is 0 Å². The molecule has 0 saturated carbocycles. The van der Waals surface area contributed by atoms with Crippen LogP contribution in [0.15, 0.2) is 36.5 Å². The Labute approximate surface area is 206 Å². The Morgan fingerprint density at radius 2 is 1.91 bits per heavy atom. The number of nitrogens with zero attached hydrogens (tertiary/aromatic N) is 3. The first-order chi connectivity index (χ1) is 16.3. The molecule has 6 rings (SSSR count). The van der Waals surface area contributed by atoms with Gasteiger partial charge in [-0.15, -0.1) is 0 Å². The monoisotopic (exact) mass is 474 g/mol. The van der Waals surface area contributed by atoms with Gasteiger partial charge in [0.05, 0.1) is 39.3 Å². The van der Waals surface area contributed by atoms with Crippen LogP contribution in [0.25, 0.3) is 11.3 Å². The van der Waals surface area contributed by atoms with Crippen molar-refractivity contribution in [2.24, 2.45) is 0 Å². The maximum Gasteiger partial charge on any atom is 0.166 e. The molecule has 4 heterocycles. The fourth-order valence-electron chi connectivity index (χ4n) is 6.80. The van der Waals surface area contributed by atoms with Crippen LogP contribution in [0.1, 0.15) is 87.8 Å². The number of β-amino-alcohol motifs (C(OH)–C–C–N with tert-alkyl or cyclic N) is 1. The SMILES string of the molecule is CCc1cccc2c1-n1nc3c(c1C1(C)C2=CC(C)(F)c2[nH]ccc21)CN(CC(C)(C)O)C3(C)C. The van der Waals surface area contributed by atoms with Crippen LogP contribution in [-0.4, -0.2) is 36.9 Å². The third-order valence-electron chi connectivity index (χ3n) is 8.49. The van der Waals surface area contributed by atoms with Gasteiger partial charge < -0.3 is 10.1 Å². The number of nitrogens with one attached hydrogen (secondary N) is 1. The molecule has 1 aliphatic carbocycles. The van der Waals surface area contributed by atoms with E-state index >= 15 is 4.39 Å². The first kappa shape index (κ1) is 22.7. The summed E-state index contributed by atoms with van der Waals surface area (Å²) in [6.07, 6.45) is 4.54. The van der Waals surface area contributed by atoms with Crippen molar-refractivity contribution in [2.75, 3.05) is 6.54 Å². The number of rotatable bonds is 3. The molecule has 35 heavy (non-hydrogen) atoms. The lowest BCUT2D eigenvalue weighted by molar-refractivity contribution is 0.000297. The summed E-state index contributed by atoms with van der Waals surface area (Å²) < 4.78 is 18.3. The van der Waals surface area contributed by atoms with Gasteiger partial charge >= 0.3 is 0 Å². The quantitative estimate of drug-likeness (QED) is 0.528. The second-order valence-electron chi connectivity index (χ2n) is 12.0. The molecular formula is C29H35FN4O. The van der Waals surface area contributed by atoms with Crippen LogP contribution in [0.4, 0.5) is 4.39 Å². The zero-order valence-corrected chi connectivity index (χ0v) is 21.8. The highest BCUT2D eigenvalue weighted by Crippen LogP contribution is 2.59. The minimum absolute atomic E-state index is 0.342. The van der Waals surface area contributed by atoms with E-state index in [0.717, 1.165) is 40.2 Å². The van der Waals surface area contributed by atoms with Gasteiger partial charge in [-0.3, -0.25) is 4.90 Å². The Kier molecular flexibility index (Phi) is 4.38. The molecule has 0 spiro atoms. The fourth-order valence-corrected chi connectivity index (χ4v) is 6.80. The highest BCUT2D eigenvalue weighted by atomic mass is 19.1. The Morgan fingerprint density at radius 1 is 1.17 bits per heavy atom. The second-order valence-corrected chi connectivity index (χ2v) is 12.0. The van der Waals surface area contributed by atoms with Gasteiger partial charge in [0, 0.05) is 30.4 Å². The van der Waals surface area contributed by atoms with Crippen molar-refractivity contribution in [3.05, 3.63) is 75.9 Å². The van der Waals surface area contributed by atoms with E-state index in [1.165, 1.54) is 11.1 Å². The smallest absolute Gasteiger partial charge is 0.166 e. The summed E-state index contributed by atoms with van der Waals surface area (Å²) >= 11 is 0. The molecule has 2 N–H and O–H groups in total. The van der Waals surface area contributed by atoms with E-state index in [2.05, 4.69) is 60.5 Å². The average molecular weight is 475 g/mol. The highest BCUT2D eigenvalue weighted by molar-refractivity contribution is 5.89. The molecule has 0 saturated heterocycles. The molecule has 6 heteroatoms. The van der Waals surface area contributed by atoms with Crippen LogP contribution in [0.3, 0.4) is 0 Å². The maximum atomic E-state index is 16.1. The minimum atomic E-state index is -1.59. The van der Waals surface area contributed by atoms with E-state index in [-0.39, 0.29) is 5.54 Å². The largest absolute Gasteiger partial charge is 0.389 e. The van der Waals surface area contributed by atoms with Crippen molar-refractivity contribution in [1.82, 2.24) is 19.7 Å². The molecule has 0 amide bonds. The summed E-state index contributed by atoms with van der Waals surface area (Å²) in [5.41, 5.74) is 5.98. The lowest BCUT2D eigenvalue weighted by atomic mass is 9.62. The predicted octanol–water partition coefficient (Wildman–Crippen LogP) is 5.49.